The topological polar surface area (TPSA) is 84.5 Å². The van der Waals surface area contributed by atoms with Gasteiger partial charge in [0.15, 0.2) is 11.6 Å². The molecule has 0 aromatic heterocycles. The monoisotopic (exact) mass is 880 g/mol. The molecule has 58 heavy (non-hydrogen) atoms. The second-order valence-corrected chi connectivity index (χ2v) is 14.4. The van der Waals surface area contributed by atoms with Gasteiger partial charge in [-0.25, -0.2) is 0 Å². The van der Waals surface area contributed by atoms with Gasteiger partial charge in [-0.1, -0.05) is 5.57 Å². The van der Waals surface area contributed by atoms with Crippen LogP contribution in [0.15, 0.2) is 11.1 Å². The molecule has 0 N–H and O–H groups in total. The highest BCUT2D eigenvalue weighted by Crippen LogP contribution is 2.56. The van der Waals surface area contributed by atoms with Crippen LogP contribution in [0.3, 0.4) is 0 Å². The molecule has 0 amide bonds. The minimum atomic E-state index is -6.89. The summed E-state index contributed by atoms with van der Waals surface area (Å²) in [6, 6.07) is 3.66. The van der Waals surface area contributed by atoms with E-state index < -0.39 is 97.5 Å². The number of nitriles is 2. The Morgan fingerprint density at radius 1 is 0.569 bits per heavy atom. The summed E-state index contributed by atoms with van der Waals surface area (Å²) in [7, 11) is 0. The number of hydrogen-bond acceptors (Lipinski definition) is 6. The maximum Gasteiger partial charge on any atom is 0.460 e. The summed E-state index contributed by atoms with van der Waals surface area (Å²) in [6.07, 6.45) is -16.6. The van der Waals surface area contributed by atoms with Crippen molar-refractivity contribution >= 4 is 0 Å². The number of allylic oxidation sites excluding steroid dienone is 2. The van der Waals surface area contributed by atoms with E-state index in [1.54, 1.807) is 6.07 Å². The Kier molecular flexibility index (Phi) is 15.2. The Hall–Kier alpha value is -2.70. The van der Waals surface area contributed by atoms with Gasteiger partial charge < -0.3 is 18.9 Å². The van der Waals surface area contributed by atoms with Gasteiger partial charge in [0.1, 0.15) is 0 Å². The minimum absolute atomic E-state index is 0.0274. The molecule has 0 bridgehead atoms. The van der Waals surface area contributed by atoms with E-state index in [1.165, 1.54) is 0 Å². The highest BCUT2D eigenvalue weighted by molar-refractivity contribution is 5.29. The molecule has 24 heteroatoms. The molecule has 4 fully saturated rings. The van der Waals surface area contributed by atoms with Gasteiger partial charge in [-0.15, -0.1) is 0 Å². The predicted octanol–water partition coefficient (Wildman–Crippen LogP) is 11.5. The number of hydrogen-bond donors (Lipinski definition) is 0. The molecule has 2 aliphatic carbocycles. The third kappa shape index (κ3) is 10.2. The van der Waals surface area contributed by atoms with Crippen LogP contribution in [0.25, 0.3) is 0 Å². The third-order valence-corrected chi connectivity index (χ3v) is 10.7. The molecule has 6 nitrogen and oxygen atoms in total. The van der Waals surface area contributed by atoms with Crippen LogP contribution in [0.5, 0.6) is 0 Å². The molecule has 0 radical (unpaired) electrons. The zero-order chi connectivity index (χ0) is 44.3. The van der Waals surface area contributed by atoms with Crippen LogP contribution >= 0.6 is 0 Å². The highest BCUT2D eigenvalue weighted by atomic mass is 19.4. The molecule has 334 valence electrons. The van der Waals surface area contributed by atoms with Gasteiger partial charge in [0.2, 0.25) is 0 Å². The molecule has 2 aliphatic heterocycles. The van der Waals surface area contributed by atoms with Crippen LogP contribution < -0.4 is 0 Å². The maximum atomic E-state index is 13.6. The molecule has 1 unspecified atom stereocenters. The first-order chi connectivity index (χ1) is 26.4. The van der Waals surface area contributed by atoms with E-state index in [4.69, 9.17) is 18.9 Å². The first-order valence-electron chi connectivity index (χ1n) is 17.8. The Balaban J connectivity index is 0.000000310. The second kappa shape index (κ2) is 17.7. The van der Waals surface area contributed by atoms with Gasteiger partial charge in [0.05, 0.1) is 38.6 Å². The smallest absolute Gasteiger partial charge is 0.348 e. The molecule has 0 aromatic rings. The van der Waals surface area contributed by atoms with E-state index in [9.17, 15) is 89.6 Å². The molecule has 4 aliphatic rings. The van der Waals surface area contributed by atoms with Crippen molar-refractivity contribution in [2.45, 2.75) is 149 Å². The van der Waals surface area contributed by atoms with Crippen LogP contribution in [0.4, 0.5) is 79.0 Å². The predicted molar refractivity (Wildman–Crippen MR) is 161 cm³/mol. The normalized spacial score (nSPS) is 22.6. The van der Waals surface area contributed by atoms with E-state index >= 15 is 0 Å². The van der Waals surface area contributed by atoms with Crippen molar-refractivity contribution in [2.24, 2.45) is 11.8 Å². The lowest BCUT2D eigenvalue weighted by Gasteiger charge is -2.37. The molecular weight excluding hydrogens is 842 g/mol. The summed E-state index contributed by atoms with van der Waals surface area (Å²) in [5, 5.41) is 18.4. The zero-order valence-corrected chi connectivity index (χ0v) is 30.2. The molecule has 2 saturated carbocycles. The highest BCUT2D eigenvalue weighted by Gasteiger charge is 2.82. The molecule has 1 atom stereocenters. The second-order valence-electron chi connectivity index (χ2n) is 14.4. The van der Waals surface area contributed by atoms with Crippen molar-refractivity contribution in [2.75, 3.05) is 26.4 Å². The number of ether oxygens (including phenoxy) is 4. The van der Waals surface area contributed by atoms with Crippen molar-refractivity contribution in [3.05, 3.63) is 11.1 Å². The summed E-state index contributed by atoms with van der Waals surface area (Å²) in [5.41, 5.74) is 0.604. The molecule has 0 aromatic carbocycles. The summed E-state index contributed by atoms with van der Waals surface area (Å²) in [5.74, 6) is -40.8. The molecular formula is C34H38F18N2O4. The minimum Gasteiger partial charge on any atom is -0.348 e. The van der Waals surface area contributed by atoms with Gasteiger partial charge in [-0.3, -0.25) is 0 Å². The Morgan fingerprint density at radius 2 is 0.948 bits per heavy atom. The van der Waals surface area contributed by atoms with Crippen LogP contribution in [0.1, 0.15) is 89.9 Å². The average Bonchev–Trinajstić information content (AvgIpc) is 3.78. The van der Waals surface area contributed by atoms with Crippen LogP contribution in [0.2, 0.25) is 0 Å². The van der Waals surface area contributed by atoms with Crippen LogP contribution in [-0.4, -0.2) is 85.9 Å². The van der Waals surface area contributed by atoms with E-state index in [0.717, 1.165) is 0 Å². The summed E-state index contributed by atoms with van der Waals surface area (Å²) in [6.45, 7) is 1.68. The van der Waals surface area contributed by atoms with E-state index in [1.807, 2.05) is 6.07 Å². The van der Waals surface area contributed by atoms with Gasteiger partial charge >= 0.3 is 47.9 Å². The van der Waals surface area contributed by atoms with Gasteiger partial charge in [-0.2, -0.15) is 89.6 Å². The Bertz CT molecular complexity index is 1480. The Labute approximate surface area is 319 Å². The van der Waals surface area contributed by atoms with Gasteiger partial charge in [0.25, 0.3) is 0 Å². The van der Waals surface area contributed by atoms with Crippen LogP contribution in [0, 0.1) is 34.5 Å². The largest absolute Gasteiger partial charge is 0.460 e. The van der Waals surface area contributed by atoms with Gasteiger partial charge in [-0.05, 0) is 57.3 Å². The fraction of sp³-hybridized carbons (Fsp3) is 0.882. The molecule has 2 spiro atoms. The van der Waals surface area contributed by atoms with Crippen LogP contribution in [-0.2, 0) is 18.9 Å². The SMILES string of the molecule is N#CC(CCCC(F)(F)C(F)(F)C(F)(F)C(F)(F)F)=C1CCC2(CC1)OCCO2.N#CC(CCCC(F)(F)C(F)(F)C(F)(F)C(F)(F)F)C1CCC2(CC1)OCCO2. The summed E-state index contributed by atoms with van der Waals surface area (Å²) < 4.78 is 253. The first kappa shape index (κ1) is 49.7. The fourth-order valence-corrected chi connectivity index (χ4v) is 7.17. The lowest BCUT2D eigenvalue weighted by atomic mass is 9.76. The van der Waals surface area contributed by atoms with Gasteiger partial charge in [0, 0.05) is 50.0 Å². The van der Waals surface area contributed by atoms with Crippen molar-refractivity contribution in [3.8, 4) is 12.1 Å². The number of halogens is 18. The fourth-order valence-electron chi connectivity index (χ4n) is 7.17. The van der Waals surface area contributed by atoms with Crippen molar-refractivity contribution in [1.82, 2.24) is 0 Å². The van der Waals surface area contributed by atoms with E-state index in [2.05, 4.69) is 0 Å². The zero-order valence-electron chi connectivity index (χ0n) is 30.2. The quantitative estimate of drug-likeness (QED) is 0.135. The lowest BCUT2D eigenvalue weighted by Crippen LogP contribution is -2.60. The average molecular weight is 881 g/mol. The Morgan fingerprint density at radius 3 is 1.31 bits per heavy atom. The standard InChI is InChI=1S/C17H20F9NO2.C17H18F9NO2/c2*18-14(19,15(20,21)16(22,23)17(24,25)26)5-1-2-12(10-27)11-3-6-13(7-4-11)28-8-9-29-13/h11-12H,1-9H2;1-9H2. The van der Waals surface area contributed by atoms with Crippen molar-refractivity contribution < 1.29 is 98.0 Å². The molecule has 2 heterocycles. The maximum absolute atomic E-state index is 13.6. The number of alkyl halides is 18. The summed E-state index contributed by atoms with van der Waals surface area (Å²) in [4.78, 5) is 0. The molecule has 2 saturated heterocycles. The molecule has 4 rings (SSSR count). The first-order valence-corrected chi connectivity index (χ1v) is 17.8. The van der Waals surface area contributed by atoms with Crippen molar-refractivity contribution in [3.63, 3.8) is 0 Å². The summed E-state index contributed by atoms with van der Waals surface area (Å²) >= 11 is 0. The lowest BCUT2D eigenvalue weighted by molar-refractivity contribution is -0.396. The number of rotatable bonds is 13. The number of nitrogens with zero attached hydrogens (tertiary/aromatic N) is 2. The van der Waals surface area contributed by atoms with Crippen molar-refractivity contribution in [1.29, 1.82) is 10.5 Å². The third-order valence-electron chi connectivity index (χ3n) is 10.7. The van der Waals surface area contributed by atoms with E-state index in [-0.39, 0.29) is 17.9 Å². The van der Waals surface area contributed by atoms with E-state index in [0.29, 0.717) is 83.4 Å².